The number of nitro benzene ring substituents is 1. The number of thiophene rings is 1. The van der Waals surface area contributed by atoms with Crippen LogP contribution in [0.15, 0.2) is 41.8 Å². The van der Waals surface area contributed by atoms with E-state index < -0.39 is 22.7 Å². The van der Waals surface area contributed by atoms with Gasteiger partial charge in [-0.15, -0.1) is 11.3 Å². The summed E-state index contributed by atoms with van der Waals surface area (Å²) in [4.78, 5) is 39.0. The number of ether oxygens (including phenoxy) is 1. The Morgan fingerprint density at radius 1 is 1.22 bits per heavy atom. The summed E-state index contributed by atoms with van der Waals surface area (Å²) in [6.07, 6.45) is 1.08. The van der Waals surface area contributed by atoms with Gasteiger partial charge in [-0.3, -0.25) is 14.9 Å². The van der Waals surface area contributed by atoms with Gasteiger partial charge in [0, 0.05) is 23.6 Å². The molecule has 1 heterocycles. The summed E-state index contributed by atoms with van der Waals surface area (Å²) in [5.74, 6) is -0.240. The number of hydrogen-bond donors (Lipinski definition) is 1. The lowest BCUT2D eigenvalue weighted by molar-refractivity contribution is -0.384. The van der Waals surface area contributed by atoms with Crippen molar-refractivity contribution in [3.63, 3.8) is 0 Å². The van der Waals surface area contributed by atoms with Crippen LogP contribution in [-0.4, -0.2) is 33.5 Å². The molecule has 32 heavy (non-hydrogen) atoms. The van der Waals surface area contributed by atoms with Crippen LogP contribution in [0.2, 0.25) is 0 Å². The molecule has 0 fully saturated rings. The normalized spacial score (nSPS) is 12.1. The molecule has 1 aromatic carbocycles. The highest BCUT2D eigenvalue weighted by molar-refractivity contribution is 7.09. The maximum Gasteiger partial charge on any atom is 0.408 e. The number of alkyl carbamates (subject to hydrolysis) is 1. The third kappa shape index (κ3) is 8.30. The van der Waals surface area contributed by atoms with E-state index in [-0.39, 0.29) is 18.1 Å². The van der Waals surface area contributed by atoms with Gasteiger partial charge in [0.25, 0.3) is 5.69 Å². The minimum Gasteiger partial charge on any atom is -0.444 e. The second kappa shape index (κ2) is 11.6. The van der Waals surface area contributed by atoms with Crippen molar-refractivity contribution in [2.24, 2.45) is 0 Å². The lowest BCUT2D eigenvalue weighted by atomic mass is 10.1. The molecule has 8 nitrogen and oxygen atoms in total. The molecule has 0 aliphatic heterocycles. The Balaban J connectivity index is 2.23. The molecule has 2 rings (SSSR count). The number of benzene rings is 1. The van der Waals surface area contributed by atoms with Crippen molar-refractivity contribution in [2.75, 3.05) is 0 Å². The van der Waals surface area contributed by atoms with Crippen molar-refractivity contribution in [1.29, 1.82) is 0 Å². The van der Waals surface area contributed by atoms with E-state index in [2.05, 4.69) is 12.2 Å². The molecule has 1 N–H and O–H groups in total. The van der Waals surface area contributed by atoms with Crippen molar-refractivity contribution >= 4 is 29.0 Å². The monoisotopic (exact) mass is 460 g/mol. The second-order valence-electron chi connectivity index (χ2n) is 8.39. The lowest BCUT2D eigenvalue weighted by Gasteiger charge is -2.29. The van der Waals surface area contributed by atoms with Crippen molar-refractivity contribution in [1.82, 2.24) is 10.2 Å². The molecule has 2 aromatic rings. The van der Waals surface area contributed by atoms with Gasteiger partial charge in [-0.2, -0.15) is 0 Å². The first-order valence-electron chi connectivity index (χ1n) is 10.4. The van der Waals surface area contributed by atoms with Crippen LogP contribution in [0.5, 0.6) is 0 Å². The third-order valence-corrected chi connectivity index (χ3v) is 5.35. The fourth-order valence-electron chi connectivity index (χ4n) is 3.02. The van der Waals surface area contributed by atoms with Gasteiger partial charge in [0.2, 0.25) is 5.91 Å². The molecule has 0 aliphatic carbocycles. The number of unbranched alkanes of at least 4 members (excludes halogenated alkanes) is 1. The average Bonchev–Trinajstić information content (AvgIpc) is 3.22. The largest absolute Gasteiger partial charge is 0.444 e. The Hall–Kier alpha value is -2.94. The molecule has 0 unspecified atom stereocenters. The molecule has 9 heteroatoms. The van der Waals surface area contributed by atoms with Gasteiger partial charge in [-0.1, -0.05) is 38.0 Å². The highest BCUT2D eigenvalue weighted by Crippen LogP contribution is 2.19. The molecule has 1 radical (unpaired) electrons. The number of non-ortho nitro benzene ring substituents is 1. The van der Waals surface area contributed by atoms with Crippen LogP contribution in [0.3, 0.4) is 0 Å². The van der Waals surface area contributed by atoms with Gasteiger partial charge in [0.05, 0.1) is 11.5 Å². The molecule has 1 atom stereocenters. The zero-order valence-corrected chi connectivity index (χ0v) is 19.5. The summed E-state index contributed by atoms with van der Waals surface area (Å²) >= 11 is 1.53. The number of nitrogens with zero attached hydrogens (tertiary/aromatic N) is 2. The van der Waals surface area contributed by atoms with Crippen molar-refractivity contribution in [3.05, 3.63) is 69.3 Å². The number of carbonyl (C=O) groups excluding carboxylic acids is 2. The summed E-state index contributed by atoms with van der Waals surface area (Å²) < 4.78 is 5.34. The summed E-state index contributed by atoms with van der Waals surface area (Å²) in [6, 6.07) is 9.20. The molecule has 0 saturated carbocycles. The van der Waals surface area contributed by atoms with E-state index >= 15 is 0 Å². The zero-order valence-electron chi connectivity index (χ0n) is 18.7. The molecule has 0 aliphatic rings. The van der Waals surface area contributed by atoms with E-state index in [1.807, 2.05) is 17.5 Å². The minimum atomic E-state index is -0.760. The maximum atomic E-state index is 13.5. The molecule has 173 valence electrons. The zero-order chi connectivity index (χ0) is 23.7. The molecular formula is C23H30N3O5S. The van der Waals surface area contributed by atoms with Crippen molar-refractivity contribution in [3.8, 4) is 0 Å². The average molecular weight is 461 g/mol. The molecule has 1 aromatic heterocycles. The number of amides is 2. The molecule has 0 saturated heterocycles. The van der Waals surface area contributed by atoms with Gasteiger partial charge in [0.1, 0.15) is 11.6 Å². The molecule has 0 bridgehead atoms. The van der Waals surface area contributed by atoms with Gasteiger partial charge in [-0.05, 0) is 44.2 Å². The van der Waals surface area contributed by atoms with E-state index in [1.165, 1.54) is 23.5 Å². The molecular weight excluding hydrogens is 430 g/mol. The van der Waals surface area contributed by atoms with E-state index in [0.717, 1.165) is 10.4 Å². The topological polar surface area (TPSA) is 102 Å². The van der Waals surface area contributed by atoms with Crippen LogP contribution >= 0.6 is 11.3 Å². The Morgan fingerprint density at radius 2 is 1.91 bits per heavy atom. The highest BCUT2D eigenvalue weighted by atomic mass is 32.1. The molecule has 2 amide bonds. The summed E-state index contributed by atoms with van der Waals surface area (Å²) in [6.45, 7) is 9.73. The van der Waals surface area contributed by atoms with Crippen molar-refractivity contribution in [2.45, 2.75) is 64.8 Å². The number of nitro groups is 1. The first-order chi connectivity index (χ1) is 15.1. The number of nitrogens with one attached hydrogen (secondary N) is 1. The van der Waals surface area contributed by atoms with Gasteiger partial charge in [-0.25, -0.2) is 4.79 Å². The van der Waals surface area contributed by atoms with Crippen LogP contribution in [0.25, 0.3) is 0 Å². The smallest absolute Gasteiger partial charge is 0.408 e. The molecule has 0 spiro atoms. The van der Waals surface area contributed by atoms with Crippen molar-refractivity contribution < 1.29 is 19.2 Å². The van der Waals surface area contributed by atoms with E-state index in [9.17, 15) is 19.7 Å². The highest BCUT2D eigenvalue weighted by Gasteiger charge is 2.28. The quantitative estimate of drug-likeness (QED) is 0.393. The number of carbonyl (C=O) groups is 2. The standard InChI is InChI=1S/C23H30N3O5S/c1-5-6-9-20(24-22(28)31-23(2,3)4)21(27)25(16-19-8-7-14-32-19)15-17-10-12-18(13-11-17)26(29)30/h7-8,10-14,20H,1,5-6,9,15-16H2,2-4H3,(H,24,28)/t20-/m0/s1. The number of hydrogen-bond acceptors (Lipinski definition) is 6. The van der Waals surface area contributed by atoms with E-state index in [1.54, 1.807) is 37.8 Å². The predicted molar refractivity (Wildman–Crippen MR) is 124 cm³/mol. The first-order valence-corrected chi connectivity index (χ1v) is 11.3. The Morgan fingerprint density at radius 3 is 2.44 bits per heavy atom. The SMILES string of the molecule is [CH2]CCC[C@H](NC(=O)OC(C)(C)C)C(=O)N(Cc1ccc([N+](=O)[O-])cc1)Cc1cccs1. The lowest BCUT2D eigenvalue weighted by Crippen LogP contribution is -2.49. The Kier molecular flexibility index (Phi) is 9.19. The second-order valence-corrected chi connectivity index (χ2v) is 9.42. The predicted octanol–water partition coefficient (Wildman–Crippen LogP) is 5.08. The third-order valence-electron chi connectivity index (χ3n) is 4.49. The van der Waals surface area contributed by atoms with Crippen LogP contribution < -0.4 is 5.32 Å². The van der Waals surface area contributed by atoms with Crippen LogP contribution in [0.1, 0.15) is 50.5 Å². The van der Waals surface area contributed by atoms with E-state index in [4.69, 9.17) is 4.74 Å². The minimum absolute atomic E-state index is 0.00945. The van der Waals surface area contributed by atoms with Gasteiger partial charge in [0.15, 0.2) is 0 Å². The summed E-state index contributed by atoms with van der Waals surface area (Å²) in [5.41, 5.74) is 0.0674. The summed E-state index contributed by atoms with van der Waals surface area (Å²) in [5, 5.41) is 15.6. The van der Waals surface area contributed by atoms with Gasteiger partial charge < -0.3 is 15.0 Å². The maximum absolute atomic E-state index is 13.5. The van der Waals surface area contributed by atoms with Gasteiger partial charge >= 0.3 is 6.09 Å². The van der Waals surface area contributed by atoms with Crippen LogP contribution in [0.4, 0.5) is 10.5 Å². The summed E-state index contributed by atoms with van der Waals surface area (Å²) in [7, 11) is 0. The first kappa shape index (κ1) is 25.3. The Bertz CT molecular complexity index is 891. The Labute approximate surface area is 192 Å². The number of rotatable bonds is 10. The van der Waals surface area contributed by atoms with Crippen LogP contribution in [-0.2, 0) is 22.6 Å². The van der Waals surface area contributed by atoms with Crippen LogP contribution in [0, 0.1) is 17.0 Å². The van der Waals surface area contributed by atoms with E-state index in [0.29, 0.717) is 25.8 Å². The fraction of sp³-hybridized carbons (Fsp3) is 0.435. The fourth-order valence-corrected chi connectivity index (χ4v) is 3.74.